The number of piperidine rings is 1. The molecular formula is C25H30N2O2. The first-order chi connectivity index (χ1) is 14.3. The summed E-state index contributed by atoms with van der Waals surface area (Å²) in [4.78, 5) is 2.31. The van der Waals surface area contributed by atoms with Gasteiger partial charge in [-0.1, -0.05) is 36.4 Å². The van der Waals surface area contributed by atoms with Gasteiger partial charge in [-0.3, -0.25) is 4.90 Å². The minimum absolute atomic E-state index is 0.247. The van der Waals surface area contributed by atoms with Crippen LogP contribution in [-0.2, 0) is 0 Å². The first-order valence-electron chi connectivity index (χ1n) is 10.8. The van der Waals surface area contributed by atoms with E-state index >= 15 is 0 Å². The Morgan fingerprint density at radius 2 is 1.69 bits per heavy atom. The van der Waals surface area contributed by atoms with Crippen LogP contribution in [0.2, 0.25) is 0 Å². The normalized spacial score (nSPS) is 19.6. The van der Waals surface area contributed by atoms with E-state index < -0.39 is 0 Å². The smallest absolute Gasteiger partial charge is 0.161 e. The Kier molecular flexibility index (Phi) is 6.36. The van der Waals surface area contributed by atoms with Crippen LogP contribution in [0, 0.1) is 11.3 Å². The van der Waals surface area contributed by atoms with Gasteiger partial charge in [0.15, 0.2) is 11.5 Å². The van der Waals surface area contributed by atoms with E-state index in [9.17, 15) is 5.26 Å². The maximum absolute atomic E-state index is 9.95. The van der Waals surface area contributed by atoms with Crippen molar-refractivity contribution in [3.63, 3.8) is 0 Å². The van der Waals surface area contributed by atoms with Crippen molar-refractivity contribution in [2.24, 2.45) is 0 Å². The molecule has 1 aliphatic carbocycles. The molecule has 0 amide bonds. The van der Waals surface area contributed by atoms with Crippen LogP contribution in [0.25, 0.3) is 0 Å². The second-order valence-electron chi connectivity index (χ2n) is 8.19. The molecule has 1 saturated carbocycles. The Hall–Kier alpha value is -2.51. The number of nitrogens with zero attached hydrogens (tertiary/aromatic N) is 2. The monoisotopic (exact) mass is 390 g/mol. The molecule has 0 spiro atoms. The largest absolute Gasteiger partial charge is 0.493 e. The summed E-state index contributed by atoms with van der Waals surface area (Å²) < 4.78 is 11.8. The lowest BCUT2D eigenvalue weighted by Crippen LogP contribution is -2.35. The van der Waals surface area contributed by atoms with E-state index in [0.29, 0.717) is 5.92 Å². The number of methoxy groups -OCH3 is 1. The minimum atomic E-state index is -0.247. The summed E-state index contributed by atoms with van der Waals surface area (Å²) in [7, 11) is 1.67. The average molecular weight is 391 g/mol. The molecule has 0 bridgehead atoms. The average Bonchev–Trinajstić information content (AvgIpc) is 3.29. The predicted octanol–water partition coefficient (Wildman–Crippen LogP) is 5.46. The van der Waals surface area contributed by atoms with Gasteiger partial charge in [0.2, 0.25) is 0 Å². The Morgan fingerprint density at radius 3 is 2.34 bits per heavy atom. The van der Waals surface area contributed by atoms with Crippen molar-refractivity contribution in [1.82, 2.24) is 4.90 Å². The second kappa shape index (κ2) is 9.33. The summed E-state index contributed by atoms with van der Waals surface area (Å²) in [5.74, 6) is 2.11. The molecule has 0 radical (unpaired) electrons. The molecule has 2 aliphatic rings. The third-order valence-electron chi connectivity index (χ3n) is 6.39. The summed E-state index contributed by atoms with van der Waals surface area (Å²) in [5.41, 5.74) is 2.41. The molecule has 29 heavy (non-hydrogen) atoms. The maximum atomic E-state index is 9.95. The molecular weight excluding hydrogens is 360 g/mol. The fourth-order valence-corrected chi connectivity index (χ4v) is 4.72. The number of hydrogen-bond donors (Lipinski definition) is 0. The van der Waals surface area contributed by atoms with Gasteiger partial charge in [-0.25, -0.2) is 0 Å². The highest BCUT2D eigenvalue weighted by molar-refractivity contribution is 5.45. The molecule has 152 valence electrons. The standard InChI is InChI=1S/C25H30N2O2/c1-28-24-12-11-21(17-25(24)29-22-9-5-6-10-22)23(18-26)27-15-13-20(14-16-27)19-7-3-2-4-8-19/h2-4,7-8,11-12,17,20,22-23H,5-6,9-10,13-16H2,1H3. The molecule has 4 nitrogen and oxygen atoms in total. The Labute approximate surface area is 174 Å². The molecule has 1 unspecified atom stereocenters. The van der Waals surface area contributed by atoms with Gasteiger partial charge in [-0.05, 0) is 67.7 Å². The van der Waals surface area contributed by atoms with Gasteiger partial charge in [0.05, 0.1) is 19.3 Å². The zero-order valence-electron chi connectivity index (χ0n) is 17.2. The third kappa shape index (κ3) is 4.57. The van der Waals surface area contributed by atoms with Gasteiger partial charge < -0.3 is 9.47 Å². The molecule has 1 aliphatic heterocycles. The van der Waals surface area contributed by atoms with Crippen LogP contribution in [0.4, 0.5) is 0 Å². The Balaban J connectivity index is 1.47. The quantitative estimate of drug-likeness (QED) is 0.657. The fourth-order valence-electron chi connectivity index (χ4n) is 4.72. The van der Waals surface area contributed by atoms with Crippen LogP contribution in [0.1, 0.15) is 61.6 Å². The van der Waals surface area contributed by atoms with Crippen molar-refractivity contribution in [1.29, 1.82) is 5.26 Å². The van der Waals surface area contributed by atoms with Crippen molar-refractivity contribution >= 4 is 0 Å². The zero-order chi connectivity index (χ0) is 20.1. The van der Waals surface area contributed by atoms with Crippen molar-refractivity contribution < 1.29 is 9.47 Å². The van der Waals surface area contributed by atoms with Crippen molar-refractivity contribution in [2.75, 3.05) is 20.2 Å². The number of hydrogen-bond acceptors (Lipinski definition) is 4. The highest BCUT2D eigenvalue weighted by atomic mass is 16.5. The molecule has 2 aromatic rings. The SMILES string of the molecule is COc1ccc(C(C#N)N2CCC(c3ccccc3)CC2)cc1OC1CCCC1. The van der Waals surface area contributed by atoms with Crippen molar-refractivity contribution in [3.05, 3.63) is 59.7 Å². The number of likely N-dealkylation sites (tertiary alicyclic amines) is 1. The van der Waals surface area contributed by atoms with Crippen molar-refractivity contribution in [3.8, 4) is 17.6 Å². The fraction of sp³-hybridized carbons (Fsp3) is 0.480. The van der Waals surface area contributed by atoms with Crippen LogP contribution < -0.4 is 9.47 Å². The summed E-state index contributed by atoms with van der Waals surface area (Å²) in [6.07, 6.45) is 7.09. The van der Waals surface area contributed by atoms with Crippen LogP contribution in [0.15, 0.2) is 48.5 Å². The Morgan fingerprint density at radius 1 is 0.966 bits per heavy atom. The summed E-state index contributed by atoms with van der Waals surface area (Å²) >= 11 is 0. The van der Waals surface area contributed by atoms with Gasteiger partial charge in [0.1, 0.15) is 6.04 Å². The second-order valence-corrected chi connectivity index (χ2v) is 8.19. The lowest BCUT2D eigenvalue weighted by atomic mass is 9.88. The molecule has 1 saturated heterocycles. The van der Waals surface area contributed by atoms with Gasteiger partial charge >= 0.3 is 0 Å². The number of benzene rings is 2. The van der Waals surface area contributed by atoms with E-state index in [1.807, 2.05) is 18.2 Å². The van der Waals surface area contributed by atoms with E-state index in [1.54, 1.807) is 7.11 Å². The topological polar surface area (TPSA) is 45.5 Å². The molecule has 4 heteroatoms. The van der Waals surface area contributed by atoms with Gasteiger partial charge in [-0.2, -0.15) is 5.26 Å². The van der Waals surface area contributed by atoms with Crippen LogP contribution in [0.5, 0.6) is 11.5 Å². The van der Waals surface area contributed by atoms with Crippen LogP contribution >= 0.6 is 0 Å². The van der Waals surface area contributed by atoms with Gasteiger partial charge in [-0.15, -0.1) is 0 Å². The molecule has 2 fully saturated rings. The maximum Gasteiger partial charge on any atom is 0.161 e. The lowest BCUT2D eigenvalue weighted by Gasteiger charge is -2.35. The predicted molar refractivity (Wildman–Crippen MR) is 114 cm³/mol. The molecule has 0 aromatic heterocycles. The highest BCUT2D eigenvalue weighted by Crippen LogP contribution is 2.37. The molecule has 2 aromatic carbocycles. The van der Waals surface area contributed by atoms with Crippen LogP contribution in [-0.4, -0.2) is 31.2 Å². The highest BCUT2D eigenvalue weighted by Gasteiger charge is 2.28. The summed E-state index contributed by atoms with van der Waals surface area (Å²) in [5, 5.41) is 9.95. The number of rotatable bonds is 6. The van der Waals surface area contributed by atoms with Gasteiger partial charge in [0, 0.05) is 13.1 Å². The Bertz CT molecular complexity index is 832. The molecule has 1 heterocycles. The minimum Gasteiger partial charge on any atom is -0.493 e. The van der Waals surface area contributed by atoms with E-state index in [1.165, 1.54) is 18.4 Å². The van der Waals surface area contributed by atoms with E-state index in [4.69, 9.17) is 9.47 Å². The third-order valence-corrected chi connectivity index (χ3v) is 6.39. The summed E-state index contributed by atoms with van der Waals surface area (Å²) in [6.45, 7) is 1.87. The number of nitriles is 1. The first-order valence-corrected chi connectivity index (χ1v) is 10.8. The van der Waals surface area contributed by atoms with E-state index in [2.05, 4.69) is 41.3 Å². The van der Waals surface area contributed by atoms with Crippen LogP contribution in [0.3, 0.4) is 0 Å². The van der Waals surface area contributed by atoms with E-state index in [0.717, 1.165) is 55.8 Å². The molecule has 1 atom stereocenters. The number of ether oxygens (including phenoxy) is 2. The van der Waals surface area contributed by atoms with Crippen molar-refractivity contribution in [2.45, 2.75) is 56.6 Å². The van der Waals surface area contributed by atoms with E-state index in [-0.39, 0.29) is 12.1 Å². The molecule has 0 N–H and O–H groups in total. The van der Waals surface area contributed by atoms with Gasteiger partial charge in [0.25, 0.3) is 0 Å². The lowest BCUT2D eigenvalue weighted by molar-refractivity contribution is 0.179. The zero-order valence-corrected chi connectivity index (χ0v) is 17.2. The molecule has 4 rings (SSSR count). The summed E-state index contributed by atoms with van der Waals surface area (Å²) in [6, 6.07) is 19.0. The first kappa shape index (κ1) is 19.8.